The molecule has 1 aromatic rings. The second-order valence-electron chi connectivity index (χ2n) is 5.46. The number of thiophene rings is 1. The van der Waals surface area contributed by atoms with Crippen molar-refractivity contribution < 1.29 is 9.90 Å². The first-order valence-corrected chi connectivity index (χ1v) is 7.91. The fourth-order valence-corrected chi connectivity index (χ4v) is 3.64. The first-order valence-electron chi connectivity index (χ1n) is 7.10. The molecular formula is C16H21NO2S. The predicted molar refractivity (Wildman–Crippen MR) is 81.9 cm³/mol. The number of rotatable bonds is 3. The summed E-state index contributed by atoms with van der Waals surface area (Å²) < 4.78 is 0. The molecule has 1 aromatic heterocycles. The fourth-order valence-electron chi connectivity index (χ4n) is 2.67. The first kappa shape index (κ1) is 15.1. The van der Waals surface area contributed by atoms with Crippen molar-refractivity contribution in [2.45, 2.75) is 33.1 Å². The van der Waals surface area contributed by atoms with Crippen LogP contribution in [-0.4, -0.2) is 24.2 Å². The number of carbonyl (C=O) groups is 1. The number of aliphatic hydroxyl groups excluding tert-OH is 1. The van der Waals surface area contributed by atoms with Crippen LogP contribution in [0.2, 0.25) is 0 Å². The van der Waals surface area contributed by atoms with E-state index in [2.05, 4.69) is 24.1 Å². The molecule has 0 spiro atoms. The summed E-state index contributed by atoms with van der Waals surface area (Å²) in [5.74, 6) is 6.83. The molecule has 2 atom stereocenters. The average Bonchev–Trinajstić information content (AvgIpc) is 3.00. The van der Waals surface area contributed by atoms with Crippen LogP contribution in [0, 0.1) is 30.6 Å². The van der Waals surface area contributed by atoms with E-state index in [0.717, 1.165) is 17.0 Å². The fraction of sp³-hybridized carbons (Fsp3) is 0.562. The van der Waals surface area contributed by atoms with Gasteiger partial charge in [0.1, 0.15) is 6.61 Å². The molecule has 4 heteroatoms. The lowest BCUT2D eigenvalue weighted by molar-refractivity contribution is 0.0948. The van der Waals surface area contributed by atoms with Crippen LogP contribution in [0.1, 0.15) is 46.3 Å². The van der Waals surface area contributed by atoms with E-state index in [9.17, 15) is 4.79 Å². The highest BCUT2D eigenvalue weighted by Crippen LogP contribution is 2.30. The minimum Gasteiger partial charge on any atom is -0.384 e. The van der Waals surface area contributed by atoms with Crippen molar-refractivity contribution >= 4 is 17.2 Å². The van der Waals surface area contributed by atoms with E-state index in [1.165, 1.54) is 30.6 Å². The maximum Gasteiger partial charge on any atom is 0.261 e. The number of aryl methyl sites for hydroxylation is 1. The third kappa shape index (κ3) is 3.62. The van der Waals surface area contributed by atoms with Crippen molar-refractivity contribution in [2.75, 3.05) is 13.2 Å². The Kier molecular flexibility index (Phi) is 5.22. The summed E-state index contributed by atoms with van der Waals surface area (Å²) in [6.07, 6.45) is 3.78. The zero-order valence-corrected chi connectivity index (χ0v) is 12.8. The number of carbonyl (C=O) groups excluding carboxylic acids is 1. The topological polar surface area (TPSA) is 49.3 Å². The molecule has 0 bridgehead atoms. The lowest BCUT2D eigenvalue weighted by atomic mass is 9.98. The largest absolute Gasteiger partial charge is 0.384 e. The Labute approximate surface area is 124 Å². The number of nitrogens with one attached hydrogen (secondary N) is 1. The summed E-state index contributed by atoms with van der Waals surface area (Å²) >= 11 is 1.39. The smallest absolute Gasteiger partial charge is 0.261 e. The van der Waals surface area contributed by atoms with Crippen molar-refractivity contribution in [2.24, 2.45) is 11.8 Å². The van der Waals surface area contributed by atoms with Crippen LogP contribution in [0.25, 0.3) is 0 Å². The Balaban J connectivity index is 1.95. The molecule has 0 saturated heterocycles. The van der Waals surface area contributed by atoms with Gasteiger partial charge in [0.05, 0.1) is 9.75 Å². The number of hydrogen-bond acceptors (Lipinski definition) is 3. The highest BCUT2D eigenvalue weighted by molar-refractivity contribution is 7.14. The van der Waals surface area contributed by atoms with Crippen molar-refractivity contribution in [3.63, 3.8) is 0 Å². The van der Waals surface area contributed by atoms with Gasteiger partial charge in [-0.2, -0.15) is 0 Å². The maximum absolute atomic E-state index is 12.1. The summed E-state index contributed by atoms with van der Waals surface area (Å²) in [7, 11) is 0. The van der Waals surface area contributed by atoms with E-state index in [-0.39, 0.29) is 12.5 Å². The molecule has 3 nitrogen and oxygen atoms in total. The Bertz CT molecular complexity index is 538. The lowest BCUT2D eigenvalue weighted by Gasteiger charge is -2.15. The van der Waals surface area contributed by atoms with Crippen LogP contribution in [-0.2, 0) is 0 Å². The summed E-state index contributed by atoms with van der Waals surface area (Å²) in [4.78, 5) is 13.7. The molecule has 1 amide bonds. The van der Waals surface area contributed by atoms with E-state index in [1.807, 2.05) is 13.0 Å². The molecule has 2 rings (SSSR count). The third-order valence-electron chi connectivity index (χ3n) is 3.99. The van der Waals surface area contributed by atoms with Crippen molar-refractivity contribution in [1.82, 2.24) is 5.32 Å². The van der Waals surface area contributed by atoms with E-state index in [0.29, 0.717) is 16.7 Å². The van der Waals surface area contributed by atoms with Gasteiger partial charge in [-0.05, 0) is 36.8 Å². The van der Waals surface area contributed by atoms with Gasteiger partial charge in [-0.1, -0.05) is 31.6 Å². The molecule has 0 aromatic carbocycles. The Morgan fingerprint density at radius 1 is 1.55 bits per heavy atom. The quantitative estimate of drug-likeness (QED) is 0.841. The van der Waals surface area contributed by atoms with Gasteiger partial charge in [0, 0.05) is 6.54 Å². The Morgan fingerprint density at radius 2 is 2.35 bits per heavy atom. The highest BCUT2D eigenvalue weighted by atomic mass is 32.1. The molecule has 20 heavy (non-hydrogen) atoms. The Hall–Kier alpha value is -1.31. The van der Waals surface area contributed by atoms with E-state index in [1.54, 1.807) is 0 Å². The molecular weight excluding hydrogens is 270 g/mol. The van der Waals surface area contributed by atoms with Crippen LogP contribution in [0.15, 0.2) is 6.07 Å². The van der Waals surface area contributed by atoms with Gasteiger partial charge >= 0.3 is 0 Å². The molecule has 1 fully saturated rings. The first-order chi connectivity index (χ1) is 9.61. The molecule has 1 aliphatic carbocycles. The molecule has 2 unspecified atom stereocenters. The molecule has 1 aliphatic rings. The van der Waals surface area contributed by atoms with Gasteiger partial charge in [-0.15, -0.1) is 11.3 Å². The summed E-state index contributed by atoms with van der Waals surface area (Å²) in [5.41, 5.74) is 0.996. The lowest BCUT2D eigenvalue weighted by Crippen LogP contribution is -2.29. The third-order valence-corrected chi connectivity index (χ3v) is 5.14. The van der Waals surface area contributed by atoms with Crippen molar-refractivity contribution in [3.05, 3.63) is 21.4 Å². The van der Waals surface area contributed by atoms with Gasteiger partial charge in [-0.25, -0.2) is 0 Å². The van der Waals surface area contributed by atoms with Gasteiger partial charge in [0.2, 0.25) is 0 Å². The second kappa shape index (κ2) is 6.92. The van der Waals surface area contributed by atoms with Gasteiger partial charge in [0.25, 0.3) is 5.91 Å². The summed E-state index contributed by atoms with van der Waals surface area (Å²) in [6, 6.07) is 1.87. The SMILES string of the molecule is Cc1cc(C(=O)NCC2CCCC2C)sc1C#CCO. The van der Waals surface area contributed by atoms with Gasteiger partial charge in [-0.3, -0.25) is 4.79 Å². The Morgan fingerprint density at radius 3 is 3.00 bits per heavy atom. The molecule has 1 heterocycles. The predicted octanol–water partition coefficient (Wildman–Crippen LogP) is 2.57. The minimum atomic E-state index is -0.154. The molecule has 1 saturated carbocycles. The monoisotopic (exact) mass is 291 g/mol. The summed E-state index contributed by atoms with van der Waals surface area (Å²) in [6.45, 7) is 4.82. The molecule has 2 N–H and O–H groups in total. The van der Waals surface area contributed by atoms with Crippen LogP contribution in [0.4, 0.5) is 0 Å². The highest BCUT2D eigenvalue weighted by Gasteiger charge is 2.24. The maximum atomic E-state index is 12.1. The number of hydrogen-bond donors (Lipinski definition) is 2. The van der Waals surface area contributed by atoms with E-state index >= 15 is 0 Å². The van der Waals surface area contributed by atoms with Gasteiger partial charge in [0.15, 0.2) is 0 Å². The normalized spacial score (nSPS) is 21.4. The number of amides is 1. The molecule has 0 radical (unpaired) electrons. The van der Waals surface area contributed by atoms with Gasteiger partial charge < -0.3 is 10.4 Å². The van der Waals surface area contributed by atoms with Crippen molar-refractivity contribution in [3.8, 4) is 11.8 Å². The zero-order chi connectivity index (χ0) is 14.5. The van der Waals surface area contributed by atoms with E-state index < -0.39 is 0 Å². The minimum absolute atomic E-state index is 0.00533. The average molecular weight is 291 g/mol. The standard InChI is InChI=1S/C16H21NO2S/c1-11-5-3-6-13(11)10-17-16(19)15-9-12(2)14(20-15)7-4-8-18/h9,11,13,18H,3,5-6,8,10H2,1-2H3,(H,17,19). The zero-order valence-electron chi connectivity index (χ0n) is 12.0. The molecule has 0 aliphatic heterocycles. The summed E-state index contributed by atoms with van der Waals surface area (Å²) in [5, 5.41) is 11.8. The van der Waals surface area contributed by atoms with Crippen LogP contribution in [0.3, 0.4) is 0 Å². The molecule has 108 valence electrons. The second-order valence-corrected chi connectivity index (χ2v) is 6.51. The van der Waals surface area contributed by atoms with Crippen molar-refractivity contribution in [1.29, 1.82) is 0 Å². The van der Waals surface area contributed by atoms with Crippen LogP contribution >= 0.6 is 11.3 Å². The number of aliphatic hydroxyl groups is 1. The van der Waals surface area contributed by atoms with Crippen LogP contribution in [0.5, 0.6) is 0 Å². The van der Waals surface area contributed by atoms with Crippen LogP contribution < -0.4 is 5.32 Å². The van der Waals surface area contributed by atoms with E-state index in [4.69, 9.17) is 5.11 Å².